The summed E-state index contributed by atoms with van der Waals surface area (Å²) < 4.78 is 18.0. The van der Waals surface area contributed by atoms with Crippen molar-refractivity contribution in [3.8, 4) is 0 Å². The summed E-state index contributed by atoms with van der Waals surface area (Å²) in [5, 5.41) is 3.73. The summed E-state index contributed by atoms with van der Waals surface area (Å²) in [7, 11) is 1.89. The zero-order chi connectivity index (χ0) is 13.7. The van der Waals surface area contributed by atoms with Crippen molar-refractivity contribution in [3.63, 3.8) is 0 Å². The molecule has 0 saturated heterocycles. The molecule has 1 aromatic carbocycles. The van der Waals surface area contributed by atoms with E-state index in [9.17, 15) is 4.39 Å². The van der Waals surface area contributed by atoms with Crippen LogP contribution in [0.25, 0.3) is 0 Å². The van der Waals surface area contributed by atoms with Gasteiger partial charge in [-0.2, -0.15) is 0 Å². The van der Waals surface area contributed by atoms with Crippen LogP contribution in [0, 0.1) is 5.82 Å². The summed E-state index contributed by atoms with van der Waals surface area (Å²) in [5.41, 5.74) is 1.01. The molecular weight excluding hydrogens is 263 g/mol. The van der Waals surface area contributed by atoms with E-state index in [1.165, 1.54) is 12.1 Å². The predicted molar refractivity (Wildman–Crippen MR) is 76.0 cm³/mol. The molecule has 3 nitrogen and oxygen atoms in total. The molecule has 100 valence electrons. The van der Waals surface area contributed by atoms with Crippen LogP contribution in [0.2, 0.25) is 0 Å². The van der Waals surface area contributed by atoms with E-state index in [1.807, 2.05) is 24.1 Å². The van der Waals surface area contributed by atoms with Gasteiger partial charge in [-0.3, -0.25) is 0 Å². The molecule has 0 unspecified atom stereocenters. The van der Waals surface area contributed by atoms with Crippen molar-refractivity contribution in [1.82, 2.24) is 10.2 Å². The molecule has 0 aliphatic heterocycles. The standard InChI is InChI=1S/C14H15FN2OS/c1-17(10-11-4-6-12(15)7-5-11)14(19)16-9-13-3-2-8-18-13/h2-8H,9-10H2,1H3,(H,16,19). The Kier molecular flexibility index (Phi) is 4.52. The molecule has 0 amide bonds. The summed E-state index contributed by atoms with van der Waals surface area (Å²) >= 11 is 5.27. The molecule has 1 aromatic heterocycles. The van der Waals surface area contributed by atoms with E-state index in [0.29, 0.717) is 18.2 Å². The topological polar surface area (TPSA) is 28.4 Å². The van der Waals surface area contributed by atoms with E-state index in [2.05, 4.69) is 5.32 Å². The van der Waals surface area contributed by atoms with Crippen molar-refractivity contribution < 1.29 is 8.81 Å². The number of benzene rings is 1. The van der Waals surface area contributed by atoms with Gasteiger partial charge in [0, 0.05) is 13.6 Å². The fourth-order valence-electron chi connectivity index (χ4n) is 1.65. The van der Waals surface area contributed by atoms with Gasteiger partial charge >= 0.3 is 0 Å². The van der Waals surface area contributed by atoms with Gasteiger partial charge in [0.15, 0.2) is 5.11 Å². The molecule has 1 N–H and O–H groups in total. The van der Waals surface area contributed by atoms with Gasteiger partial charge in [-0.15, -0.1) is 0 Å². The van der Waals surface area contributed by atoms with Crippen LogP contribution < -0.4 is 5.32 Å². The molecule has 0 fully saturated rings. The third-order valence-corrected chi connectivity index (χ3v) is 3.13. The maximum atomic E-state index is 12.8. The van der Waals surface area contributed by atoms with Gasteiger partial charge in [-0.1, -0.05) is 12.1 Å². The molecule has 0 spiro atoms. The van der Waals surface area contributed by atoms with E-state index in [1.54, 1.807) is 18.4 Å². The highest BCUT2D eigenvalue weighted by atomic mass is 32.1. The predicted octanol–water partition coefficient (Wildman–Crippen LogP) is 2.93. The van der Waals surface area contributed by atoms with Gasteiger partial charge < -0.3 is 14.6 Å². The van der Waals surface area contributed by atoms with Crippen molar-refractivity contribution >= 4 is 17.3 Å². The Hall–Kier alpha value is -1.88. The lowest BCUT2D eigenvalue weighted by molar-refractivity contribution is 0.468. The molecule has 2 aromatic rings. The smallest absolute Gasteiger partial charge is 0.169 e. The van der Waals surface area contributed by atoms with Crippen molar-refractivity contribution in [2.75, 3.05) is 7.05 Å². The van der Waals surface area contributed by atoms with Crippen LogP contribution in [-0.4, -0.2) is 17.1 Å². The van der Waals surface area contributed by atoms with E-state index in [0.717, 1.165) is 11.3 Å². The number of hydrogen-bond acceptors (Lipinski definition) is 2. The first-order chi connectivity index (χ1) is 9.15. The fraction of sp³-hybridized carbons (Fsp3) is 0.214. The van der Waals surface area contributed by atoms with Crippen LogP contribution in [0.15, 0.2) is 47.1 Å². The number of hydrogen-bond donors (Lipinski definition) is 1. The Labute approximate surface area is 117 Å². The zero-order valence-electron chi connectivity index (χ0n) is 10.6. The summed E-state index contributed by atoms with van der Waals surface area (Å²) in [4.78, 5) is 1.89. The maximum absolute atomic E-state index is 12.8. The molecule has 5 heteroatoms. The Balaban J connectivity index is 1.83. The molecule has 0 saturated carbocycles. The first-order valence-electron chi connectivity index (χ1n) is 5.91. The molecule has 19 heavy (non-hydrogen) atoms. The van der Waals surface area contributed by atoms with E-state index < -0.39 is 0 Å². The molecule has 0 aliphatic rings. The number of nitrogens with one attached hydrogen (secondary N) is 1. The monoisotopic (exact) mass is 278 g/mol. The average molecular weight is 278 g/mol. The van der Waals surface area contributed by atoms with Crippen molar-refractivity contribution in [2.24, 2.45) is 0 Å². The third kappa shape index (κ3) is 4.06. The number of furan rings is 1. The van der Waals surface area contributed by atoms with Gasteiger partial charge in [0.2, 0.25) is 0 Å². The van der Waals surface area contributed by atoms with E-state index in [4.69, 9.17) is 16.6 Å². The van der Waals surface area contributed by atoms with Gasteiger partial charge in [0.25, 0.3) is 0 Å². The van der Waals surface area contributed by atoms with Crippen LogP contribution in [0.5, 0.6) is 0 Å². The lowest BCUT2D eigenvalue weighted by atomic mass is 10.2. The number of nitrogens with zero attached hydrogens (tertiary/aromatic N) is 1. The minimum atomic E-state index is -0.232. The summed E-state index contributed by atoms with van der Waals surface area (Å²) in [6.07, 6.45) is 1.63. The molecule has 0 atom stereocenters. The Bertz CT molecular complexity index is 525. The Morgan fingerprint density at radius 2 is 2.05 bits per heavy atom. The second-order valence-electron chi connectivity index (χ2n) is 4.22. The minimum absolute atomic E-state index is 0.232. The molecule has 0 radical (unpaired) electrons. The van der Waals surface area contributed by atoms with Crippen LogP contribution in [0.1, 0.15) is 11.3 Å². The van der Waals surface area contributed by atoms with Crippen LogP contribution in [0.4, 0.5) is 4.39 Å². The summed E-state index contributed by atoms with van der Waals surface area (Å²) in [6, 6.07) is 10.1. The van der Waals surface area contributed by atoms with Crippen LogP contribution >= 0.6 is 12.2 Å². The number of thiocarbonyl (C=S) groups is 1. The van der Waals surface area contributed by atoms with Gasteiger partial charge in [-0.05, 0) is 42.0 Å². The Morgan fingerprint density at radius 1 is 1.32 bits per heavy atom. The number of halogens is 1. The average Bonchev–Trinajstić information content (AvgIpc) is 2.91. The SMILES string of the molecule is CN(Cc1ccc(F)cc1)C(=S)NCc1ccco1. The highest BCUT2D eigenvalue weighted by Gasteiger charge is 2.05. The second-order valence-corrected chi connectivity index (χ2v) is 4.61. The van der Waals surface area contributed by atoms with Crippen LogP contribution in [-0.2, 0) is 13.1 Å². The zero-order valence-corrected chi connectivity index (χ0v) is 11.4. The lowest BCUT2D eigenvalue weighted by Gasteiger charge is -2.20. The molecule has 2 rings (SSSR count). The van der Waals surface area contributed by atoms with E-state index in [-0.39, 0.29) is 5.82 Å². The number of rotatable bonds is 4. The van der Waals surface area contributed by atoms with Gasteiger partial charge in [0.05, 0.1) is 12.8 Å². The first-order valence-corrected chi connectivity index (χ1v) is 6.32. The largest absolute Gasteiger partial charge is 0.467 e. The third-order valence-electron chi connectivity index (χ3n) is 2.67. The van der Waals surface area contributed by atoms with Crippen molar-refractivity contribution in [2.45, 2.75) is 13.1 Å². The van der Waals surface area contributed by atoms with Crippen molar-refractivity contribution in [3.05, 3.63) is 59.8 Å². The molecule has 0 aliphatic carbocycles. The lowest BCUT2D eigenvalue weighted by Crippen LogP contribution is -2.36. The highest BCUT2D eigenvalue weighted by Crippen LogP contribution is 2.06. The molecule has 0 bridgehead atoms. The quantitative estimate of drug-likeness (QED) is 0.871. The van der Waals surface area contributed by atoms with Crippen molar-refractivity contribution in [1.29, 1.82) is 0 Å². The molecule has 1 heterocycles. The highest BCUT2D eigenvalue weighted by molar-refractivity contribution is 7.80. The van der Waals surface area contributed by atoms with Crippen LogP contribution in [0.3, 0.4) is 0 Å². The summed E-state index contributed by atoms with van der Waals surface area (Å²) in [5.74, 6) is 0.599. The maximum Gasteiger partial charge on any atom is 0.169 e. The van der Waals surface area contributed by atoms with Gasteiger partial charge in [-0.25, -0.2) is 4.39 Å². The normalized spacial score (nSPS) is 10.2. The second kappa shape index (κ2) is 6.33. The molecular formula is C14H15FN2OS. The Morgan fingerprint density at radius 3 is 2.68 bits per heavy atom. The fourth-order valence-corrected chi connectivity index (χ4v) is 1.78. The first kappa shape index (κ1) is 13.5. The summed E-state index contributed by atoms with van der Waals surface area (Å²) in [6.45, 7) is 1.18. The van der Waals surface area contributed by atoms with E-state index >= 15 is 0 Å². The minimum Gasteiger partial charge on any atom is -0.467 e. The van der Waals surface area contributed by atoms with Gasteiger partial charge in [0.1, 0.15) is 11.6 Å².